The second kappa shape index (κ2) is 12.8. The molecule has 218 valence electrons. The van der Waals surface area contributed by atoms with Crippen LogP contribution in [0, 0.1) is 13.8 Å². The normalized spacial score (nSPS) is 13.5. The fourth-order valence-electron chi connectivity index (χ4n) is 4.87. The van der Waals surface area contributed by atoms with Crippen molar-refractivity contribution in [2.75, 3.05) is 38.1 Å². The van der Waals surface area contributed by atoms with Gasteiger partial charge >= 0.3 is 0 Å². The van der Waals surface area contributed by atoms with Crippen LogP contribution in [-0.4, -0.2) is 68.5 Å². The van der Waals surface area contributed by atoms with Gasteiger partial charge in [-0.05, 0) is 50.7 Å². The molecule has 4 N–H and O–H groups in total. The minimum atomic E-state index is 0.0447. The average Bonchev–Trinajstić information content (AvgIpc) is 3.59. The molecule has 0 amide bonds. The maximum absolute atomic E-state index is 9.92. The molecule has 1 aliphatic heterocycles. The lowest BCUT2D eigenvalue weighted by Gasteiger charge is -2.32. The number of anilines is 1. The molecule has 10 heteroatoms. The third-order valence-electron chi connectivity index (χ3n) is 6.97. The first kappa shape index (κ1) is 29.4. The molecular weight excluding hydrogens is 569 g/mol. The van der Waals surface area contributed by atoms with Crippen LogP contribution in [0.4, 0.5) is 5.13 Å². The van der Waals surface area contributed by atoms with E-state index < -0.39 is 0 Å². The highest BCUT2D eigenvalue weighted by molar-refractivity contribution is 7.14. The quantitative estimate of drug-likeness (QED) is 0.183. The van der Waals surface area contributed by atoms with Crippen molar-refractivity contribution < 1.29 is 20.4 Å². The number of aromatic hydroxyl groups is 4. The Morgan fingerprint density at radius 1 is 0.690 bits per heavy atom. The van der Waals surface area contributed by atoms with Crippen LogP contribution in [0.3, 0.4) is 0 Å². The van der Waals surface area contributed by atoms with Gasteiger partial charge in [-0.3, -0.25) is 0 Å². The van der Waals surface area contributed by atoms with Crippen LogP contribution >= 0.6 is 22.7 Å². The van der Waals surface area contributed by atoms with Crippen molar-refractivity contribution in [3.8, 4) is 45.5 Å². The molecule has 3 heterocycles. The minimum absolute atomic E-state index is 0.0447. The topological polar surface area (TPSA) is 113 Å². The summed E-state index contributed by atoms with van der Waals surface area (Å²) >= 11 is 3.17. The highest BCUT2D eigenvalue weighted by atomic mass is 32.1. The lowest BCUT2D eigenvalue weighted by atomic mass is 10.1. The number of rotatable bonds is 5. The summed E-state index contributed by atoms with van der Waals surface area (Å²) in [6.45, 7) is 8.23. The van der Waals surface area contributed by atoms with E-state index in [-0.39, 0.29) is 23.0 Å². The average molecular weight is 603 g/mol. The van der Waals surface area contributed by atoms with E-state index >= 15 is 0 Å². The summed E-state index contributed by atoms with van der Waals surface area (Å²) in [7, 11) is 2.12. The van der Waals surface area contributed by atoms with E-state index in [9.17, 15) is 20.4 Å². The van der Waals surface area contributed by atoms with Crippen molar-refractivity contribution in [3.63, 3.8) is 0 Å². The number of likely N-dealkylation sites (N-methyl/N-ethyl adjacent to an activating group) is 1. The monoisotopic (exact) mass is 602 g/mol. The maximum Gasteiger partial charge on any atom is 0.185 e. The first-order valence-electron chi connectivity index (χ1n) is 13.6. The van der Waals surface area contributed by atoms with Gasteiger partial charge in [0.15, 0.2) is 5.13 Å². The Morgan fingerprint density at radius 3 is 1.81 bits per heavy atom. The van der Waals surface area contributed by atoms with Gasteiger partial charge in [0.25, 0.3) is 0 Å². The molecule has 0 bridgehead atoms. The van der Waals surface area contributed by atoms with Crippen LogP contribution in [0.5, 0.6) is 23.0 Å². The van der Waals surface area contributed by atoms with E-state index in [1.807, 2.05) is 10.8 Å². The molecule has 8 nitrogen and oxygen atoms in total. The van der Waals surface area contributed by atoms with Crippen molar-refractivity contribution in [2.45, 2.75) is 20.3 Å². The number of thiazole rings is 2. The van der Waals surface area contributed by atoms with Crippen molar-refractivity contribution in [1.82, 2.24) is 14.9 Å². The zero-order valence-electron chi connectivity index (χ0n) is 23.8. The molecule has 0 spiro atoms. The molecule has 5 aromatic rings. The molecule has 1 saturated heterocycles. The number of benzene rings is 3. The van der Waals surface area contributed by atoms with E-state index in [0.717, 1.165) is 54.1 Å². The SMILES string of the molecule is CN1CCN(c2nc(-c3ccc(O)cc3O)cs2)CC1.Cc1cc(C)cc(Cc2nc(-c3ccc(O)cc3O)cs2)c1. The predicted molar refractivity (Wildman–Crippen MR) is 170 cm³/mol. The molecule has 1 fully saturated rings. The lowest BCUT2D eigenvalue weighted by Crippen LogP contribution is -2.44. The summed E-state index contributed by atoms with van der Waals surface area (Å²) in [6.07, 6.45) is 0.784. The molecule has 2 aromatic heterocycles. The number of nitrogens with zero attached hydrogens (tertiary/aromatic N) is 4. The summed E-state index contributed by atoms with van der Waals surface area (Å²) in [4.78, 5) is 13.8. The van der Waals surface area contributed by atoms with Crippen LogP contribution < -0.4 is 4.90 Å². The second-order valence-corrected chi connectivity index (χ2v) is 12.3. The third-order valence-corrected chi connectivity index (χ3v) is 8.72. The van der Waals surface area contributed by atoms with Crippen LogP contribution in [0.1, 0.15) is 21.7 Å². The van der Waals surface area contributed by atoms with Crippen molar-refractivity contribution >= 4 is 27.8 Å². The van der Waals surface area contributed by atoms with Crippen LogP contribution in [0.2, 0.25) is 0 Å². The number of phenols is 4. The van der Waals surface area contributed by atoms with E-state index in [1.165, 1.54) is 28.8 Å². The van der Waals surface area contributed by atoms with Gasteiger partial charge in [0, 0.05) is 66.6 Å². The molecule has 0 unspecified atom stereocenters. The first-order valence-corrected chi connectivity index (χ1v) is 15.4. The van der Waals surface area contributed by atoms with Crippen LogP contribution in [0.25, 0.3) is 22.5 Å². The van der Waals surface area contributed by atoms with E-state index in [1.54, 1.807) is 46.9 Å². The summed E-state index contributed by atoms with van der Waals surface area (Å²) in [5.74, 6) is 0.205. The molecule has 3 aromatic carbocycles. The molecule has 0 radical (unpaired) electrons. The van der Waals surface area contributed by atoms with E-state index in [0.29, 0.717) is 11.1 Å². The standard InChI is InChI=1S/C18H17NO2S.C14H17N3O2S/c1-11-5-12(2)7-13(6-11)8-18-19-16(10-22-18)15-4-3-14(20)9-17(15)21;1-16-4-6-17(7-5-16)14-15-12(9-20-14)11-3-2-10(18)8-13(11)19/h3-7,9-10,20-21H,8H2,1-2H3;2-3,8-9,18-19H,4-7H2,1H3. The lowest BCUT2D eigenvalue weighted by molar-refractivity contribution is 0.313. The zero-order valence-corrected chi connectivity index (χ0v) is 25.4. The number of hydrogen-bond acceptors (Lipinski definition) is 10. The van der Waals surface area contributed by atoms with E-state index in [4.69, 9.17) is 0 Å². The van der Waals surface area contributed by atoms with Crippen LogP contribution in [0.15, 0.2) is 65.4 Å². The Morgan fingerprint density at radius 2 is 1.24 bits per heavy atom. The number of aromatic nitrogens is 2. The smallest absolute Gasteiger partial charge is 0.185 e. The van der Waals surface area contributed by atoms with Gasteiger partial charge in [-0.2, -0.15) is 0 Å². The molecular formula is C32H34N4O4S2. The Balaban J connectivity index is 0.000000169. The molecule has 42 heavy (non-hydrogen) atoms. The van der Waals surface area contributed by atoms with Crippen molar-refractivity contribution in [2.24, 2.45) is 0 Å². The van der Waals surface area contributed by atoms with Gasteiger partial charge in [-0.1, -0.05) is 29.3 Å². The molecule has 0 aliphatic carbocycles. The number of piperazine rings is 1. The molecule has 1 aliphatic rings. The fraction of sp³-hybridized carbons (Fsp3) is 0.250. The fourth-order valence-corrected chi connectivity index (χ4v) is 6.57. The Bertz CT molecular complexity index is 1650. The van der Waals surface area contributed by atoms with Gasteiger partial charge in [0.1, 0.15) is 23.0 Å². The minimum Gasteiger partial charge on any atom is -0.508 e. The highest BCUT2D eigenvalue weighted by Gasteiger charge is 2.18. The van der Waals surface area contributed by atoms with Crippen molar-refractivity contribution in [1.29, 1.82) is 0 Å². The third kappa shape index (κ3) is 7.20. The number of hydrogen-bond donors (Lipinski definition) is 4. The molecule has 6 rings (SSSR count). The maximum atomic E-state index is 9.92. The van der Waals surface area contributed by atoms with Gasteiger partial charge in [-0.15, -0.1) is 22.7 Å². The second-order valence-electron chi connectivity index (χ2n) is 10.5. The number of aryl methyl sites for hydroxylation is 2. The van der Waals surface area contributed by atoms with Gasteiger partial charge in [0.2, 0.25) is 0 Å². The van der Waals surface area contributed by atoms with E-state index in [2.05, 4.69) is 58.9 Å². The Hall–Kier alpha value is -4.12. The summed E-state index contributed by atoms with van der Waals surface area (Å²) in [5, 5.41) is 44.4. The Kier molecular flexibility index (Phi) is 8.96. The summed E-state index contributed by atoms with van der Waals surface area (Å²) < 4.78 is 0. The molecule has 0 saturated carbocycles. The van der Waals surface area contributed by atoms with Gasteiger partial charge in [-0.25, -0.2) is 9.97 Å². The van der Waals surface area contributed by atoms with Gasteiger partial charge < -0.3 is 30.2 Å². The van der Waals surface area contributed by atoms with Gasteiger partial charge in [0.05, 0.1) is 16.4 Å². The highest BCUT2D eigenvalue weighted by Crippen LogP contribution is 2.35. The van der Waals surface area contributed by atoms with Crippen LogP contribution in [-0.2, 0) is 6.42 Å². The first-order chi connectivity index (χ1) is 20.1. The largest absolute Gasteiger partial charge is 0.508 e. The molecule has 0 atom stereocenters. The summed E-state index contributed by atoms with van der Waals surface area (Å²) in [6, 6.07) is 15.7. The Labute approximate surface area is 253 Å². The van der Waals surface area contributed by atoms with Crippen molar-refractivity contribution in [3.05, 3.63) is 87.1 Å². The predicted octanol–water partition coefficient (Wildman–Crippen LogP) is 6.40. The number of phenolic OH excluding ortho intramolecular Hbond substituents is 4. The summed E-state index contributed by atoms with van der Waals surface area (Å²) in [5.41, 5.74) is 6.53. The zero-order chi connectivity index (χ0) is 29.8.